The van der Waals surface area contributed by atoms with Crippen molar-refractivity contribution in [2.75, 3.05) is 5.32 Å². The number of carbonyl (C=O) groups excluding carboxylic acids is 2. The van der Waals surface area contributed by atoms with Crippen LogP contribution in [-0.2, 0) is 16.1 Å². The van der Waals surface area contributed by atoms with Crippen LogP contribution < -0.4 is 10.6 Å². The predicted molar refractivity (Wildman–Crippen MR) is 97.5 cm³/mol. The molecule has 0 heterocycles. The lowest BCUT2D eigenvalue weighted by Crippen LogP contribution is -2.39. The second kappa shape index (κ2) is 6.77. The molecule has 1 aliphatic rings. The van der Waals surface area contributed by atoms with Gasteiger partial charge in [0.05, 0.1) is 0 Å². The Morgan fingerprint density at radius 2 is 1.79 bits per heavy atom. The van der Waals surface area contributed by atoms with E-state index >= 15 is 0 Å². The first kappa shape index (κ1) is 16.7. The van der Waals surface area contributed by atoms with Crippen molar-refractivity contribution in [1.82, 2.24) is 5.32 Å². The zero-order valence-electron chi connectivity index (χ0n) is 13.4. The summed E-state index contributed by atoms with van der Waals surface area (Å²) in [6.45, 7) is 2.45. The van der Waals surface area contributed by atoms with Crippen LogP contribution in [0.25, 0.3) is 0 Å². The summed E-state index contributed by atoms with van der Waals surface area (Å²) in [6.07, 6.45) is 1.18. The van der Waals surface area contributed by atoms with E-state index in [2.05, 4.69) is 26.6 Å². The summed E-state index contributed by atoms with van der Waals surface area (Å²) in [7, 11) is 0. The van der Waals surface area contributed by atoms with Crippen LogP contribution in [0.3, 0.4) is 0 Å². The molecule has 0 bridgehead atoms. The van der Waals surface area contributed by atoms with Gasteiger partial charge in [-0.1, -0.05) is 45.8 Å². The number of carbonyl (C=O) groups is 2. The van der Waals surface area contributed by atoms with Gasteiger partial charge in [-0.05, 0) is 49.6 Å². The third-order valence-electron chi connectivity index (χ3n) is 4.26. The molecule has 0 saturated heterocycles. The quantitative estimate of drug-likeness (QED) is 0.767. The van der Waals surface area contributed by atoms with Crippen LogP contribution in [0.4, 0.5) is 5.69 Å². The maximum Gasteiger partial charge on any atom is 0.240 e. The van der Waals surface area contributed by atoms with Gasteiger partial charge >= 0.3 is 0 Å². The first-order valence-corrected chi connectivity index (χ1v) is 8.70. The molecule has 2 amide bonds. The monoisotopic (exact) mass is 386 g/mol. The van der Waals surface area contributed by atoms with E-state index in [0.29, 0.717) is 25.1 Å². The summed E-state index contributed by atoms with van der Waals surface area (Å²) in [5.74, 6) is -0.426. The number of halogens is 1. The van der Waals surface area contributed by atoms with Gasteiger partial charge in [0.2, 0.25) is 11.8 Å². The highest BCUT2D eigenvalue weighted by Crippen LogP contribution is 2.46. The molecule has 0 aliphatic heterocycles. The molecule has 4 nitrogen and oxygen atoms in total. The molecule has 1 aliphatic carbocycles. The smallest absolute Gasteiger partial charge is 0.240 e. The minimum absolute atomic E-state index is 0.196. The van der Waals surface area contributed by atoms with Gasteiger partial charge in [0.1, 0.15) is 5.41 Å². The third kappa shape index (κ3) is 3.67. The van der Waals surface area contributed by atoms with E-state index in [9.17, 15) is 9.59 Å². The van der Waals surface area contributed by atoms with Gasteiger partial charge in [0, 0.05) is 16.7 Å². The van der Waals surface area contributed by atoms with Crippen LogP contribution in [0.15, 0.2) is 53.0 Å². The highest BCUT2D eigenvalue weighted by atomic mass is 79.9. The van der Waals surface area contributed by atoms with Gasteiger partial charge in [0.25, 0.3) is 0 Å². The van der Waals surface area contributed by atoms with Crippen LogP contribution in [0.1, 0.15) is 24.0 Å². The fraction of sp³-hybridized carbons (Fsp3) is 0.263. The van der Waals surface area contributed by atoms with Crippen molar-refractivity contribution in [2.45, 2.75) is 26.3 Å². The first-order valence-electron chi connectivity index (χ1n) is 7.90. The van der Waals surface area contributed by atoms with E-state index in [4.69, 9.17) is 0 Å². The van der Waals surface area contributed by atoms with Crippen LogP contribution in [0, 0.1) is 12.3 Å². The van der Waals surface area contributed by atoms with Crippen molar-refractivity contribution in [3.05, 3.63) is 64.1 Å². The fourth-order valence-electron chi connectivity index (χ4n) is 2.64. The second-order valence-corrected chi connectivity index (χ2v) is 7.13. The molecule has 1 saturated carbocycles. The van der Waals surface area contributed by atoms with Crippen molar-refractivity contribution in [2.24, 2.45) is 5.41 Å². The van der Waals surface area contributed by atoms with Gasteiger partial charge < -0.3 is 10.6 Å². The lowest BCUT2D eigenvalue weighted by molar-refractivity contribution is -0.134. The topological polar surface area (TPSA) is 58.2 Å². The Morgan fingerprint density at radius 3 is 2.42 bits per heavy atom. The summed E-state index contributed by atoms with van der Waals surface area (Å²) >= 11 is 3.36. The molecule has 2 aromatic rings. The minimum Gasteiger partial charge on any atom is -0.351 e. The number of nitrogens with one attached hydrogen (secondary N) is 2. The number of anilines is 1. The Morgan fingerprint density at radius 1 is 1.08 bits per heavy atom. The Hall–Kier alpha value is -2.14. The number of aryl methyl sites for hydroxylation is 1. The van der Waals surface area contributed by atoms with Crippen LogP contribution in [-0.4, -0.2) is 11.8 Å². The van der Waals surface area contributed by atoms with Gasteiger partial charge in [-0.2, -0.15) is 0 Å². The standard InChI is InChI=1S/C19H19BrN2O2/c1-13-3-2-4-14(11-13)12-21-17(23)19(9-10-19)18(24)22-16-7-5-15(20)6-8-16/h2-8,11H,9-10,12H2,1H3,(H,21,23)(H,22,24). The van der Waals surface area contributed by atoms with E-state index in [0.717, 1.165) is 15.6 Å². The lowest BCUT2D eigenvalue weighted by Gasteiger charge is -2.15. The van der Waals surface area contributed by atoms with Crippen LogP contribution >= 0.6 is 15.9 Å². The van der Waals surface area contributed by atoms with Crippen LogP contribution in [0.5, 0.6) is 0 Å². The molecule has 124 valence electrons. The summed E-state index contributed by atoms with van der Waals surface area (Å²) in [6, 6.07) is 15.3. The zero-order valence-corrected chi connectivity index (χ0v) is 15.0. The summed E-state index contributed by atoms with van der Waals surface area (Å²) in [5, 5.41) is 5.74. The molecular formula is C19H19BrN2O2. The first-order chi connectivity index (χ1) is 11.5. The van der Waals surface area contributed by atoms with Gasteiger partial charge in [-0.15, -0.1) is 0 Å². The second-order valence-electron chi connectivity index (χ2n) is 6.21. The van der Waals surface area contributed by atoms with Gasteiger partial charge in [0.15, 0.2) is 0 Å². The molecule has 0 unspecified atom stereocenters. The summed E-state index contributed by atoms with van der Waals surface area (Å²) in [4.78, 5) is 25.0. The van der Waals surface area contributed by atoms with Crippen molar-refractivity contribution < 1.29 is 9.59 Å². The summed E-state index contributed by atoms with van der Waals surface area (Å²) < 4.78 is 0.942. The molecule has 5 heteroatoms. The Labute approximate surface area is 149 Å². The number of benzene rings is 2. The molecule has 1 fully saturated rings. The fourth-order valence-corrected chi connectivity index (χ4v) is 2.90. The largest absolute Gasteiger partial charge is 0.351 e. The number of rotatable bonds is 5. The average molecular weight is 387 g/mol. The van der Waals surface area contributed by atoms with Crippen molar-refractivity contribution >= 4 is 33.4 Å². The Bertz CT molecular complexity index is 767. The molecular weight excluding hydrogens is 368 g/mol. The van der Waals surface area contributed by atoms with Crippen molar-refractivity contribution in [3.8, 4) is 0 Å². The highest BCUT2D eigenvalue weighted by Gasteiger charge is 2.56. The Balaban J connectivity index is 1.61. The third-order valence-corrected chi connectivity index (χ3v) is 4.79. The Kier molecular flexibility index (Phi) is 4.71. The number of amides is 2. The average Bonchev–Trinajstić information content (AvgIpc) is 3.37. The maximum atomic E-state index is 12.5. The van der Waals surface area contributed by atoms with Crippen LogP contribution in [0.2, 0.25) is 0 Å². The van der Waals surface area contributed by atoms with E-state index in [1.165, 1.54) is 0 Å². The molecule has 0 aromatic heterocycles. The van der Waals surface area contributed by atoms with E-state index < -0.39 is 5.41 Å². The van der Waals surface area contributed by atoms with E-state index in [-0.39, 0.29) is 11.8 Å². The molecule has 0 atom stereocenters. The van der Waals surface area contributed by atoms with E-state index in [1.54, 1.807) is 0 Å². The number of hydrogen-bond acceptors (Lipinski definition) is 2. The number of hydrogen-bond donors (Lipinski definition) is 2. The predicted octanol–water partition coefficient (Wildman–Crippen LogP) is 3.79. The normalized spacial score (nSPS) is 14.8. The summed E-state index contributed by atoms with van der Waals surface area (Å²) in [5.41, 5.74) is 1.96. The highest BCUT2D eigenvalue weighted by molar-refractivity contribution is 9.10. The van der Waals surface area contributed by atoms with Crippen molar-refractivity contribution in [1.29, 1.82) is 0 Å². The maximum absolute atomic E-state index is 12.5. The SMILES string of the molecule is Cc1cccc(CNC(=O)C2(C(=O)Nc3ccc(Br)cc3)CC2)c1. The van der Waals surface area contributed by atoms with Gasteiger partial charge in [-0.25, -0.2) is 0 Å². The minimum atomic E-state index is -0.920. The molecule has 0 radical (unpaired) electrons. The lowest BCUT2D eigenvalue weighted by atomic mass is 10.0. The molecule has 2 N–H and O–H groups in total. The van der Waals surface area contributed by atoms with E-state index in [1.807, 2.05) is 55.5 Å². The molecule has 2 aromatic carbocycles. The zero-order chi connectivity index (χ0) is 17.2. The molecule has 24 heavy (non-hydrogen) atoms. The van der Waals surface area contributed by atoms with Gasteiger partial charge in [-0.3, -0.25) is 9.59 Å². The van der Waals surface area contributed by atoms with Crippen molar-refractivity contribution in [3.63, 3.8) is 0 Å². The molecule has 3 rings (SSSR count). The molecule has 0 spiro atoms.